The van der Waals surface area contributed by atoms with Crippen molar-refractivity contribution < 1.29 is 4.74 Å². The molecule has 8 rings (SSSR count). The van der Waals surface area contributed by atoms with E-state index in [-0.39, 0.29) is 17.6 Å². The number of nitrogens with two attached hydrogens (primary N) is 1. The quantitative estimate of drug-likeness (QED) is 0.146. The topological polar surface area (TPSA) is 111 Å². The second-order valence-electron chi connectivity index (χ2n) is 12.9. The van der Waals surface area contributed by atoms with Crippen molar-refractivity contribution in [3.05, 3.63) is 105 Å². The summed E-state index contributed by atoms with van der Waals surface area (Å²) in [7, 11) is 0. The molecule has 50 heavy (non-hydrogen) atoms. The van der Waals surface area contributed by atoms with Crippen LogP contribution in [0, 0.1) is 4.51 Å². The van der Waals surface area contributed by atoms with Crippen molar-refractivity contribution in [3.63, 3.8) is 0 Å². The van der Waals surface area contributed by atoms with Gasteiger partial charge in [-0.2, -0.15) is 0 Å². The summed E-state index contributed by atoms with van der Waals surface area (Å²) in [5.41, 5.74) is 13.3. The minimum atomic E-state index is -0.0768. The summed E-state index contributed by atoms with van der Waals surface area (Å²) in [6, 6.07) is 26.8. The average molecular weight is 686 g/mol. The zero-order valence-electron chi connectivity index (χ0n) is 28.6. The van der Waals surface area contributed by atoms with E-state index in [1.165, 1.54) is 18.4 Å². The molecule has 4 heterocycles. The number of fused-ring (bicyclic) bond motifs is 1. The molecular weight excluding hydrogens is 643 g/mol. The predicted molar refractivity (Wildman–Crippen MR) is 204 cm³/mol. The number of piperidine rings is 1. The summed E-state index contributed by atoms with van der Waals surface area (Å²) in [6.45, 7) is 6.72. The van der Waals surface area contributed by atoms with Gasteiger partial charge in [0.1, 0.15) is 21.5 Å². The molecule has 2 aliphatic rings. The molecule has 10 heteroatoms. The third-order valence-corrected chi connectivity index (χ3v) is 10.0. The van der Waals surface area contributed by atoms with Gasteiger partial charge in [0.15, 0.2) is 17.2 Å². The number of imidazole rings is 1. The lowest BCUT2D eigenvalue weighted by Gasteiger charge is -2.33. The maximum Gasteiger partial charge on any atom is 0.227 e. The Labute approximate surface area is 297 Å². The highest BCUT2D eigenvalue weighted by atomic mass is 32.1. The van der Waals surface area contributed by atoms with Crippen molar-refractivity contribution in [2.75, 3.05) is 24.1 Å². The smallest absolute Gasteiger partial charge is 0.227 e. The monoisotopic (exact) mass is 685 g/mol. The highest BCUT2D eigenvalue weighted by Crippen LogP contribution is 2.34. The van der Waals surface area contributed by atoms with Gasteiger partial charge in [-0.25, -0.2) is 15.0 Å². The first-order chi connectivity index (χ1) is 24.5. The predicted octanol–water partition coefficient (Wildman–Crippen LogP) is 8.12. The molecule has 1 saturated heterocycles. The third-order valence-electron chi connectivity index (χ3n) is 9.64. The molecule has 0 unspecified atom stereocenters. The number of nitrogens with one attached hydrogen (secondary N) is 1. The van der Waals surface area contributed by atoms with Crippen molar-refractivity contribution in [1.82, 2.24) is 24.4 Å². The molecule has 0 amide bonds. The van der Waals surface area contributed by atoms with E-state index >= 15 is 0 Å². The maximum atomic E-state index is 12.5. The van der Waals surface area contributed by atoms with E-state index in [9.17, 15) is 4.79 Å². The molecule has 256 valence electrons. The van der Waals surface area contributed by atoms with E-state index in [1.54, 1.807) is 6.20 Å². The van der Waals surface area contributed by atoms with Crippen molar-refractivity contribution in [1.29, 1.82) is 0 Å². The molecule has 6 aromatic rings. The van der Waals surface area contributed by atoms with Gasteiger partial charge in [0.05, 0.1) is 17.4 Å². The van der Waals surface area contributed by atoms with E-state index in [0.29, 0.717) is 27.6 Å². The SMILES string of the molecule is CC.Nc1ncccc1-c1nc2ccc(-c3ccccc3)nc2n1-c1ccc(CN2CCC(Nc3c(OC4CCCC4)c(=S)c3=O)CC2)cc1. The Kier molecular flexibility index (Phi) is 10.0. The van der Waals surface area contributed by atoms with Crippen LogP contribution in [0.4, 0.5) is 11.5 Å². The number of hydrogen-bond donors (Lipinski definition) is 2. The van der Waals surface area contributed by atoms with Gasteiger partial charge in [-0.15, -0.1) is 0 Å². The minimum Gasteiger partial charge on any atom is -0.486 e. The van der Waals surface area contributed by atoms with Crippen molar-refractivity contribution in [2.45, 2.75) is 71.1 Å². The van der Waals surface area contributed by atoms with E-state index in [4.69, 9.17) is 32.7 Å². The van der Waals surface area contributed by atoms with Crippen molar-refractivity contribution >= 4 is 34.9 Å². The molecule has 1 aliphatic carbocycles. The lowest BCUT2D eigenvalue weighted by atomic mass is 10.0. The third kappa shape index (κ3) is 6.78. The highest BCUT2D eigenvalue weighted by molar-refractivity contribution is 7.71. The number of nitrogens with zero attached hydrogens (tertiary/aromatic N) is 5. The van der Waals surface area contributed by atoms with Crippen LogP contribution in [0.1, 0.15) is 57.9 Å². The first-order valence-corrected chi connectivity index (χ1v) is 18.2. The van der Waals surface area contributed by atoms with Gasteiger partial charge < -0.3 is 15.8 Å². The van der Waals surface area contributed by atoms with Gasteiger partial charge in [0.2, 0.25) is 5.43 Å². The summed E-state index contributed by atoms with van der Waals surface area (Å²) in [4.78, 5) is 29.4. The lowest BCUT2D eigenvalue weighted by Crippen LogP contribution is -2.40. The fourth-order valence-corrected chi connectivity index (χ4v) is 7.25. The van der Waals surface area contributed by atoms with Gasteiger partial charge in [0, 0.05) is 43.1 Å². The molecule has 0 radical (unpaired) electrons. The summed E-state index contributed by atoms with van der Waals surface area (Å²) in [5, 5.41) is 3.48. The maximum absolute atomic E-state index is 12.5. The second-order valence-corrected chi connectivity index (χ2v) is 13.3. The number of aromatic nitrogens is 4. The Bertz CT molecular complexity index is 2140. The first-order valence-electron chi connectivity index (χ1n) is 17.8. The van der Waals surface area contributed by atoms with Crippen molar-refractivity contribution in [3.8, 4) is 34.1 Å². The van der Waals surface area contributed by atoms with Crippen LogP contribution >= 0.6 is 12.2 Å². The van der Waals surface area contributed by atoms with Crippen LogP contribution in [-0.4, -0.2) is 49.7 Å². The van der Waals surface area contributed by atoms with Crippen LogP contribution in [0.15, 0.2) is 89.9 Å². The van der Waals surface area contributed by atoms with E-state index in [1.807, 2.05) is 56.3 Å². The van der Waals surface area contributed by atoms with Crippen LogP contribution in [-0.2, 0) is 6.54 Å². The van der Waals surface area contributed by atoms with E-state index in [2.05, 4.69) is 56.2 Å². The van der Waals surface area contributed by atoms with E-state index < -0.39 is 0 Å². The Morgan fingerprint density at radius 1 is 0.900 bits per heavy atom. The van der Waals surface area contributed by atoms with E-state index in [0.717, 1.165) is 79.0 Å². The molecule has 3 aromatic carbocycles. The molecule has 1 aliphatic heterocycles. The fourth-order valence-electron chi connectivity index (χ4n) is 6.99. The molecule has 0 spiro atoms. The minimum absolute atomic E-state index is 0.0768. The van der Waals surface area contributed by atoms with Gasteiger partial charge in [-0.3, -0.25) is 14.3 Å². The van der Waals surface area contributed by atoms with Gasteiger partial charge in [0.25, 0.3) is 0 Å². The van der Waals surface area contributed by atoms with Crippen LogP contribution < -0.4 is 21.2 Å². The number of benzene rings is 2. The first kappa shape index (κ1) is 33.6. The summed E-state index contributed by atoms with van der Waals surface area (Å²) in [5.74, 6) is 1.74. The number of likely N-dealkylation sites (tertiary alicyclic amines) is 1. The molecule has 0 atom stereocenters. The van der Waals surface area contributed by atoms with Crippen LogP contribution in [0.25, 0.3) is 39.5 Å². The van der Waals surface area contributed by atoms with Crippen molar-refractivity contribution in [2.24, 2.45) is 0 Å². The summed E-state index contributed by atoms with van der Waals surface area (Å²) < 4.78 is 8.55. The zero-order chi connectivity index (χ0) is 34.6. The zero-order valence-corrected chi connectivity index (χ0v) is 29.5. The normalized spacial score (nSPS) is 15.6. The Morgan fingerprint density at radius 3 is 2.36 bits per heavy atom. The molecule has 9 nitrogen and oxygen atoms in total. The molecule has 3 aromatic heterocycles. The Hall–Kier alpha value is -4.93. The van der Waals surface area contributed by atoms with Gasteiger partial charge >= 0.3 is 0 Å². The number of nitrogen functional groups attached to an aromatic ring is 1. The standard InChI is InChI=1S/C38H37N7O2S.C2H6/c39-36-29(11-6-20-40-36)37-43-31-17-16-30(25-7-2-1-3-8-25)42-38(31)45(37)27-14-12-24(13-15-27)23-44-21-18-26(19-22-44)41-32-33(46)35(48)34(32)47-28-9-4-5-10-28;1-2/h1-3,6-8,11-17,20,26,28,41H,4-5,9-10,18-19,21-23H2,(H2,39,40);1-2H3. The average Bonchev–Trinajstić information content (AvgIpc) is 3.83. The summed E-state index contributed by atoms with van der Waals surface area (Å²) >= 11 is 5.32. The second kappa shape index (κ2) is 14.9. The molecule has 0 bridgehead atoms. The lowest BCUT2D eigenvalue weighted by molar-refractivity contribution is 0.203. The molecule has 2 fully saturated rings. The molecule has 3 N–H and O–H groups in total. The number of anilines is 2. The van der Waals surface area contributed by atoms with Crippen LogP contribution in [0.2, 0.25) is 0 Å². The van der Waals surface area contributed by atoms with Crippen LogP contribution in [0.3, 0.4) is 0 Å². The number of hydrogen-bond acceptors (Lipinski definition) is 9. The molecular formula is C40H43N7O2S. The number of rotatable bonds is 9. The number of pyridine rings is 2. The Balaban J connectivity index is 0.00000193. The molecule has 1 saturated carbocycles. The fraction of sp³-hybridized carbons (Fsp3) is 0.325. The highest BCUT2D eigenvalue weighted by Gasteiger charge is 2.28. The number of ether oxygens (including phenoxy) is 1. The van der Waals surface area contributed by atoms with Gasteiger partial charge in [-0.05, 0) is 80.5 Å². The largest absolute Gasteiger partial charge is 0.486 e. The summed E-state index contributed by atoms with van der Waals surface area (Å²) in [6.07, 6.45) is 8.21. The van der Waals surface area contributed by atoms with Crippen LogP contribution in [0.5, 0.6) is 5.75 Å². The van der Waals surface area contributed by atoms with Gasteiger partial charge in [-0.1, -0.05) is 68.5 Å². The Morgan fingerprint density at radius 2 is 1.64 bits per heavy atom.